The van der Waals surface area contributed by atoms with Crippen LogP contribution in [-0.4, -0.2) is 76.6 Å². The van der Waals surface area contributed by atoms with Gasteiger partial charge in [-0.1, -0.05) is 60.1 Å². The second-order valence-electron chi connectivity index (χ2n) is 19.1. The number of carboxylic acids is 1. The predicted molar refractivity (Wildman–Crippen MR) is 184 cm³/mol. The molecule has 0 amide bonds. The Labute approximate surface area is 298 Å². The van der Waals surface area contributed by atoms with Gasteiger partial charge < -0.3 is 34.3 Å². The van der Waals surface area contributed by atoms with Gasteiger partial charge in [0.15, 0.2) is 12.4 Å². The number of aliphatic carboxylic acids is 1. The molecule has 1 heterocycles. The van der Waals surface area contributed by atoms with Gasteiger partial charge in [-0.3, -0.25) is 14.4 Å². The Morgan fingerprint density at radius 3 is 2.18 bits per heavy atom. The Kier molecular flexibility index (Phi) is 9.47. The summed E-state index contributed by atoms with van der Waals surface area (Å²) in [5.74, 6) is -0.975. The normalized spacial score (nSPS) is 47.7. The SMILES string of the molecule is CC(=O)OC[C@H]1O[C@@H](O[C@H]2CC[C@]3(C)[C@H]4CC=C5[C@@H]6CC(C)(C)CC[C@]6(C(=O)O)CC[C@@]5(C)[C@]4(C)CC[C@H]3C2(C)C)[C@H](OC(C)=O)[C@@H](O)[C@@H]1O. The van der Waals surface area contributed by atoms with Crippen molar-refractivity contribution in [1.82, 2.24) is 0 Å². The molecule has 5 aliphatic carbocycles. The van der Waals surface area contributed by atoms with Gasteiger partial charge in [0.05, 0.1) is 11.5 Å². The van der Waals surface area contributed by atoms with Crippen LogP contribution in [0.2, 0.25) is 0 Å². The zero-order valence-corrected chi connectivity index (χ0v) is 31.8. The minimum Gasteiger partial charge on any atom is -0.481 e. The monoisotopic (exact) mass is 702 g/mol. The number of rotatable bonds is 6. The van der Waals surface area contributed by atoms with Crippen LogP contribution in [0.3, 0.4) is 0 Å². The van der Waals surface area contributed by atoms with Crippen molar-refractivity contribution in [3.05, 3.63) is 11.6 Å². The molecule has 6 rings (SSSR count). The number of hydrogen-bond acceptors (Lipinski definition) is 9. The maximum Gasteiger partial charge on any atom is 0.310 e. The minimum absolute atomic E-state index is 0.00481. The van der Waals surface area contributed by atoms with Crippen molar-refractivity contribution in [2.75, 3.05) is 6.61 Å². The fourth-order valence-electron chi connectivity index (χ4n) is 12.7. The number of esters is 2. The molecule has 13 atom stereocenters. The average molecular weight is 703 g/mol. The van der Waals surface area contributed by atoms with Crippen LogP contribution < -0.4 is 0 Å². The van der Waals surface area contributed by atoms with Gasteiger partial charge in [-0.25, -0.2) is 0 Å². The zero-order chi connectivity index (χ0) is 36.8. The van der Waals surface area contributed by atoms with Gasteiger partial charge in [-0.2, -0.15) is 0 Å². The summed E-state index contributed by atoms with van der Waals surface area (Å²) in [6, 6.07) is 0. The first-order valence-corrected chi connectivity index (χ1v) is 19.0. The molecule has 1 aliphatic heterocycles. The fourth-order valence-corrected chi connectivity index (χ4v) is 12.7. The summed E-state index contributed by atoms with van der Waals surface area (Å²) in [5.41, 5.74) is 0.534. The van der Waals surface area contributed by atoms with E-state index >= 15 is 0 Å². The van der Waals surface area contributed by atoms with E-state index in [4.69, 9.17) is 18.9 Å². The zero-order valence-electron chi connectivity index (χ0n) is 31.8. The summed E-state index contributed by atoms with van der Waals surface area (Å²) in [7, 11) is 0. The molecule has 1 saturated heterocycles. The second-order valence-corrected chi connectivity index (χ2v) is 19.1. The maximum atomic E-state index is 13.0. The first-order chi connectivity index (χ1) is 23.1. The third-order valence-corrected chi connectivity index (χ3v) is 15.7. The molecular formula is C40H62O10. The van der Waals surface area contributed by atoms with E-state index in [1.54, 1.807) is 0 Å². The van der Waals surface area contributed by atoms with Crippen molar-refractivity contribution >= 4 is 17.9 Å². The predicted octanol–water partition coefficient (Wildman–Crippen LogP) is 6.20. The van der Waals surface area contributed by atoms with Crippen molar-refractivity contribution in [1.29, 1.82) is 0 Å². The molecule has 4 saturated carbocycles. The first kappa shape index (κ1) is 37.7. The lowest BCUT2D eigenvalue weighted by Gasteiger charge is -2.71. The number of aliphatic hydroxyl groups is 2. The second kappa shape index (κ2) is 12.6. The Bertz CT molecular complexity index is 1400. The van der Waals surface area contributed by atoms with E-state index in [2.05, 4.69) is 54.5 Å². The molecule has 0 aromatic rings. The van der Waals surface area contributed by atoms with Crippen LogP contribution in [0, 0.1) is 50.2 Å². The first-order valence-electron chi connectivity index (χ1n) is 19.0. The summed E-state index contributed by atoms with van der Waals surface area (Å²) in [6.45, 7) is 18.8. The third kappa shape index (κ3) is 5.68. The van der Waals surface area contributed by atoms with E-state index in [-0.39, 0.29) is 45.7 Å². The number of carboxylic acid groups (broad SMARTS) is 1. The highest BCUT2D eigenvalue weighted by molar-refractivity contribution is 5.76. The van der Waals surface area contributed by atoms with Crippen molar-refractivity contribution < 1.29 is 48.7 Å². The van der Waals surface area contributed by atoms with E-state index < -0.39 is 54.0 Å². The number of allylic oxidation sites excluding steroid dienone is 2. The lowest BCUT2D eigenvalue weighted by molar-refractivity contribution is -0.331. The van der Waals surface area contributed by atoms with Crippen LogP contribution in [0.15, 0.2) is 11.6 Å². The number of carbonyl (C=O) groups excluding carboxylic acids is 2. The largest absolute Gasteiger partial charge is 0.481 e. The van der Waals surface area contributed by atoms with Gasteiger partial charge in [0.25, 0.3) is 0 Å². The van der Waals surface area contributed by atoms with Crippen LogP contribution >= 0.6 is 0 Å². The maximum absolute atomic E-state index is 13.0. The van der Waals surface area contributed by atoms with Gasteiger partial charge in [-0.15, -0.1) is 0 Å². The quantitative estimate of drug-likeness (QED) is 0.166. The molecule has 0 radical (unpaired) electrons. The van der Waals surface area contributed by atoms with Crippen LogP contribution in [0.1, 0.15) is 127 Å². The molecule has 5 fully saturated rings. The van der Waals surface area contributed by atoms with Gasteiger partial charge in [0, 0.05) is 13.8 Å². The molecular weight excluding hydrogens is 640 g/mol. The lowest BCUT2D eigenvalue weighted by Crippen LogP contribution is -2.66. The number of hydrogen-bond donors (Lipinski definition) is 3. The highest BCUT2D eigenvalue weighted by atomic mass is 16.7. The number of aliphatic hydroxyl groups excluding tert-OH is 2. The molecule has 0 aromatic carbocycles. The summed E-state index contributed by atoms with van der Waals surface area (Å²) < 4.78 is 23.4. The van der Waals surface area contributed by atoms with E-state index in [0.717, 1.165) is 64.2 Å². The Balaban J connectivity index is 1.28. The highest BCUT2D eigenvalue weighted by Crippen LogP contribution is 2.76. The molecule has 50 heavy (non-hydrogen) atoms. The van der Waals surface area contributed by atoms with E-state index in [1.165, 1.54) is 19.4 Å². The van der Waals surface area contributed by atoms with Gasteiger partial charge >= 0.3 is 17.9 Å². The Morgan fingerprint density at radius 2 is 1.54 bits per heavy atom. The molecule has 0 bridgehead atoms. The number of fused-ring (bicyclic) bond motifs is 7. The third-order valence-electron chi connectivity index (χ3n) is 15.7. The van der Waals surface area contributed by atoms with E-state index in [0.29, 0.717) is 11.8 Å². The van der Waals surface area contributed by atoms with Crippen LogP contribution in [0.4, 0.5) is 0 Å². The van der Waals surface area contributed by atoms with Gasteiger partial charge in [0.1, 0.15) is 24.9 Å². The summed E-state index contributed by atoms with van der Waals surface area (Å²) in [6.07, 6.45) is 4.78. The van der Waals surface area contributed by atoms with E-state index in [9.17, 15) is 29.7 Å². The van der Waals surface area contributed by atoms with Gasteiger partial charge in [-0.05, 0) is 109 Å². The molecule has 0 unspecified atom stereocenters. The standard InChI is InChI=1S/C40H62O10/c1-22(41)47-21-26-30(43)31(44)32(48-23(2)42)33(49-26)50-29-13-14-37(7)27(36(29,5)6)12-15-39(9)28(37)11-10-24-25-20-35(3,4)16-18-40(25,34(45)46)19-17-38(24,39)8/h10,25-33,43-44H,11-21H2,1-9H3,(H,45,46)/t25-,26+,27-,28+,29-,30+,31-,32+,33-,37-,38+,39+,40-/m0/s1. The number of ether oxygens (including phenoxy) is 4. The summed E-state index contributed by atoms with van der Waals surface area (Å²) in [5, 5.41) is 32.5. The van der Waals surface area contributed by atoms with Crippen LogP contribution in [0.25, 0.3) is 0 Å². The van der Waals surface area contributed by atoms with Crippen LogP contribution in [-0.2, 0) is 33.3 Å². The van der Waals surface area contributed by atoms with Crippen molar-refractivity contribution in [3.63, 3.8) is 0 Å². The fraction of sp³-hybridized carbons (Fsp3) is 0.875. The van der Waals surface area contributed by atoms with Crippen molar-refractivity contribution in [3.8, 4) is 0 Å². The summed E-state index contributed by atoms with van der Waals surface area (Å²) in [4.78, 5) is 36.6. The summed E-state index contributed by atoms with van der Waals surface area (Å²) >= 11 is 0. The Morgan fingerprint density at radius 1 is 0.860 bits per heavy atom. The topological polar surface area (TPSA) is 149 Å². The molecule has 3 N–H and O–H groups in total. The Hall–Kier alpha value is -2.01. The van der Waals surface area contributed by atoms with Crippen molar-refractivity contribution in [2.24, 2.45) is 50.2 Å². The molecule has 0 aromatic heterocycles. The lowest BCUT2D eigenvalue weighted by atomic mass is 9.33. The van der Waals surface area contributed by atoms with Crippen molar-refractivity contribution in [2.45, 2.75) is 163 Å². The van der Waals surface area contributed by atoms with Gasteiger partial charge in [0.2, 0.25) is 0 Å². The van der Waals surface area contributed by atoms with E-state index in [1.807, 2.05) is 0 Å². The molecule has 6 aliphatic rings. The highest BCUT2D eigenvalue weighted by Gasteiger charge is 2.69. The molecule has 282 valence electrons. The number of carbonyl (C=O) groups is 3. The molecule has 0 spiro atoms. The smallest absolute Gasteiger partial charge is 0.310 e. The minimum atomic E-state index is -1.49. The van der Waals surface area contributed by atoms with Crippen LogP contribution in [0.5, 0.6) is 0 Å². The average Bonchev–Trinajstić information content (AvgIpc) is 3.01. The molecule has 10 heteroatoms. The molecule has 10 nitrogen and oxygen atoms in total.